The van der Waals surface area contributed by atoms with E-state index in [-0.39, 0.29) is 6.61 Å². The van der Waals surface area contributed by atoms with Crippen LogP contribution in [0.1, 0.15) is 0 Å². The van der Waals surface area contributed by atoms with Crippen molar-refractivity contribution < 1.29 is 14.6 Å². The third-order valence-electron chi connectivity index (χ3n) is 1.46. The molecule has 0 aromatic heterocycles. The van der Waals surface area contributed by atoms with E-state index in [0.717, 1.165) is 0 Å². The quantitative estimate of drug-likeness (QED) is 0.867. The van der Waals surface area contributed by atoms with Crippen LogP contribution >= 0.6 is 23.2 Å². The second-order valence-corrected chi connectivity index (χ2v) is 3.40. The standard InChI is InChI=1S/C9H8Cl2O3/c10-6-1-2-9(8(11)3-6)14-5-7(13)4-12/h1-3,12H,4-5H2. The lowest BCUT2D eigenvalue weighted by Gasteiger charge is -2.06. The van der Waals surface area contributed by atoms with Gasteiger partial charge >= 0.3 is 0 Å². The van der Waals surface area contributed by atoms with Gasteiger partial charge in [0.25, 0.3) is 0 Å². The first-order chi connectivity index (χ1) is 6.63. The number of ether oxygens (including phenoxy) is 1. The summed E-state index contributed by atoms with van der Waals surface area (Å²) in [6.07, 6.45) is 0. The summed E-state index contributed by atoms with van der Waals surface area (Å²) in [6.45, 7) is -0.733. The number of Topliss-reactive ketones (excluding diaryl/α,β-unsaturated/α-hetero) is 1. The summed E-state index contributed by atoms with van der Waals surface area (Å²) in [6, 6.07) is 4.68. The van der Waals surface area contributed by atoms with Crippen LogP contribution in [0.2, 0.25) is 10.0 Å². The van der Waals surface area contributed by atoms with Crippen LogP contribution in [0.15, 0.2) is 18.2 Å². The average molecular weight is 235 g/mol. The first-order valence-corrected chi connectivity index (χ1v) is 4.59. The van der Waals surface area contributed by atoms with Crippen molar-refractivity contribution in [3.8, 4) is 5.75 Å². The van der Waals surface area contributed by atoms with Gasteiger partial charge in [-0.3, -0.25) is 4.79 Å². The van der Waals surface area contributed by atoms with E-state index in [1.165, 1.54) is 6.07 Å². The number of halogens is 2. The third-order valence-corrected chi connectivity index (χ3v) is 1.99. The molecule has 0 spiro atoms. The van der Waals surface area contributed by atoms with E-state index in [9.17, 15) is 4.79 Å². The van der Waals surface area contributed by atoms with E-state index in [4.69, 9.17) is 33.0 Å². The van der Waals surface area contributed by atoms with Crippen molar-refractivity contribution in [2.24, 2.45) is 0 Å². The fraction of sp³-hybridized carbons (Fsp3) is 0.222. The predicted octanol–water partition coefficient (Wildman–Crippen LogP) is 1.93. The molecule has 0 aliphatic rings. The fourth-order valence-electron chi connectivity index (χ4n) is 0.796. The van der Waals surface area contributed by atoms with Gasteiger partial charge in [0.2, 0.25) is 0 Å². The molecule has 0 heterocycles. The zero-order valence-corrected chi connectivity index (χ0v) is 8.68. The number of hydrogen-bond donors (Lipinski definition) is 1. The topological polar surface area (TPSA) is 46.5 Å². The first-order valence-electron chi connectivity index (χ1n) is 3.84. The summed E-state index contributed by atoms with van der Waals surface area (Å²) in [5.41, 5.74) is 0. The summed E-state index contributed by atoms with van der Waals surface area (Å²) in [4.78, 5) is 10.7. The maximum absolute atomic E-state index is 10.7. The molecule has 1 aromatic rings. The number of carbonyl (C=O) groups excluding carboxylic acids is 1. The van der Waals surface area contributed by atoms with Gasteiger partial charge in [0.1, 0.15) is 19.0 Å². The highest BCUT2D eigenvalue weighted by Gasteiger charge is 2.05. The summed E-state index contributed by atoms with van der Waals surface area (Å²) in [5, 5.41) is 9.28. The van der Waals surface area contributed by atoms with Gasteiger partial charge in [-0.05, 0) is 18.2 Å². The number of hydrogen-bond acceptors (Lipinski definition) is 3. The Hall–Kier alpha value is -0.770. The second-order valence-electron chi connectivity index (χ2n) is 2.56. The molecule has 5 heteroatoms. The highest BCUT2D eigenvalue weighted by atomic mass is 35.5. The highest BCUT2D eigenvalue weighted by molar-refractivity contribution is 6.35. The molecule has 3 nitrogen and oxygen atoms in total. The smallest absolute Gasteiger partial charge is 0.195 e. The van der Waals surface area contributed by atoms with E-state index < -0.39 is 12.4 Å². The van der Waals surface area contributed by atoms with E-state index in [0.29, 0.717) is 15.8 Å². The molecule has 1 aromatic carbocycles. The van der Waals surface area contributed by atoms with Gasteiger partial charge in [-0.2, -0.15) is 0 Å². The van der Waals surface area contributed by atoms with Gasteiger partial charge in [-0.15, -0.1) is 0 Å². The molecule has 0 saturated carbocycles. The molecule has 1 rings (SSSR count). The Labute approximate surface area is 91.2 Å². The van der Waals surface area contributed by atoms with Crippen molar-refractivity contribution in [3.63, 3.8) is 0 Å². The zero-order chi connectivity index (χ0) is 10.6. The number of carbonyl (C=O) groups is 1. The molecule has 76 valence electrons. The maximum atomic E-state index is 10.7. The minimum Gasteiger partial charge on any atom is -0.484 e. The third kappa shape index (κ3) is 3.18. The summed E-state index contributed by atoms with van der Waals surface area (Å²) >= 11 is 11.4. The van der Waals surface area contributed by atoms with Gasteiger partial charge in [-0.1, -0.05) is 23.2 Å². The van der Waals surface area contributed by atoms with Crippen molar-refractivity contribution in [2.75, 3.05) is 13.2 Å². The molecule has 0 saturated heterocycles. The fourth-order valence-corrected chi connectivity index (χ4v) is 1.26. The summed E-state index contributed by atoms with van der Waals surface area (Å²) in [7, 11) is 0. The number of ketones is 1. The molecule has 14 heavy (non-hydrogen) atoms. The van der Waals surface area contributed by atoms with Crippen LogP contribution < -0.4 is 4.74 Å². The normalized spacial score (nSPS) is 9.93. The van der Waals surface area contributed by atoms with Gasteiger partial charge in [0.15, 0.2) is 5.78 Å². The van der Waals surface area contributed by atoms with Crippen molar-refractivity contribution in [1.82, 2.24) is 0 Å². The van der Waals surface area contributed by atoms with Crippen molar-refractivity contribution in [1.29, 1.82) is 0 Å². The van der Waals surface area contributed by atoms with Crippen molar-refractivity contribution in [3.05, 3.63) is 28.2 Å². The lowest BCUT2D eigenvalue weighted by atomic mass is 10.3. The summed E-state index contributed by atoms with van der Waals surface area (Å²) in [5.74, 6) is -0.0334. The lowest BCUT2D eigenvalue weighted by molar-refractivity contribution is -0.123. The number of aliphatic hydroxyl groups is 1. The minimum absolute atomic E-state index is 0.197. The predicted molar refractivity (Wildman–Crippen MR) is 54.0 cm³/mol. The Morgan fingerprint density at radius 2 is 2.14 bits per heavy atom. The molecule has 0 radical (unpaired) electrons. The summed E-state index contributed by atoms with van der Waals surface area (Å²) < 4.78 is 5.04. The number of aliphatic hydroxyl groups excluding tert-OH is 1. The van der Waals surface area contributed by atoms with Crippen LogP contribution in [0.25, 0.3) is 0 Å². The molecule has 0 aliphatic heterocycles. The van der Waals surface area contributed by atoms with Gasteiger partial charge in [0, 0.05) is 5.02 Å². The first kappa shape index (κ1) is 11.3. The largest absolute Gasteiger partial charge is 0.484 e. The molecule has 0 bridgehead atoms. The van der Waals surface area contributed by atoms with E-state index >= 15 is 0 Å². The highest BCUT2D eigenvalue weighted by Crippen LogP contribution is 2.27. The van der Waals surface area contributed by atoms with E-state index in [2.05, 4.69) is 0 Å². The number of rotatable bonds is 4. The Bertz CT molecular complexity index is 339. The van der Waals surface area contributed by atoms with Gasteiger partial charge < -0.3 is 9.84 Å². The molecule has 0 unspecified atom stereocenters. The Morgan fingerprint density at radius 1 is 1.43 bits per heavy atom. The monoisotopic (exact) mass is 234 g/mol. The average Bonchev–Trinajstić information content (AvgIpc) is 2.16. The Balaban J connectivity index is 2.63. The minimum atomic E-state index is -0.536. The van der Waals surface area contributed by atoms with Crippen LogP contribution in [-0.4, -0.2) is 24.1 Å². The van der Waals surface area contributed by atoms with E-state index in [1.807, 2.05) is 0 Å². The van der Waals surface area contributed by atoms with Gasteiger partial charge in [-0.25, -0.2) is 0 Å². The van der Waals surface area contributed by atoms with Crippen molar-refractivity contribution >= 4 is 29.0 Å². The SMILES string of the molecule is O=C(CO)COc1ccc(Cl)cc1Cl. The molecule has 1 N–H and O–H groups in total. The molecule has 0 fully saturated rings. The van der Waals surface area contributed by atoms with Crippen LogP contribution in [0.4, 0.5) is 0 Å². The zero-order valence-electron chi connectivity index (χ0n) is 7.17. The molecule has 0 aliphatic carbocycles. The Kier molecular flexibility index (Phi) is 4.20. The molecule has 0 amide bonds. The maximum Gasteiger partial charge on any atom is 0.195 e. The van der Waals surface area contributed by atoms with Crippen LogP contribution in [0.5, 0.6) is 5.75 Å². The van der Waals surface area contributed by atoms with Crippen LogP contribution in [0, 0.1) is 0 Å². The second kappa shape index (κ2) is 5.20. The van der Waals surface area contributed by atoms with E-state index in [1.54, 1.807) is 12.1 Å². The van der Waals surface area contributed by atoms with Crippen LogP contribution in [0.3, 0.4) is 0 Å². The van der Waals surface area contributed by atoms with Crippen molar-refractivity contribution in [2.45, 2.75) is 0 Å². The van der Waals surface area contributed by atoms with Crippen LogP contribution in [-0.2, 0) is 4.79 Å². The molecular formula is C9H8Cl2O3. The lowest BCUT2D eigenvalue weighted by Crippen LogP contribution is -2.14. The molecule has 0 atom stereocenters. The molecular weight excluding hydrogens is 227 g/mol. The number of benzene rings is 1. The Morgan fingerprint density at radius 3 is 2.71 bits per heavy atom. The van der Waals surface area contributed by atoms with Gasteiger partial charge in [0.05, 0.1) is 5.02 Å².